The SMILES string of the molecule is CN1C=CCC(C(=O)OC2CCC3C(CCC4C3CCC3(C)C(=O)CCC43)C2)=C1. The van der Waals surface area contributed by atoms with Crippen LogP contribution in [-0.4, -0.2) is 29.8 Å². The van der Waals surface area contributed by atoms with Gasteiger partial charge in [0.2, 0.25) is 0 Å². The zero-order valence-electron chi connectivity index (χ0n) is 17.9. The molecule has 158 valence electrons. The van der Waals surface area contributed by atoms with E-state index in [9.17, 15) is 9.59 Å². The summed E-state index contributed by atoms with van der Waals surface area (Å²) in [6, 6.07) is 0. The molecule has 0 N–H and O–H groups in total. The molecule has 4 aliphatic carbocycles. The summed E-state index contributed by atoms with van der Waals surface area (Å²) in [5.41, 5.74) is 0.745. The Hall–Kier alpha value is -1.58. The van der Waals surface area contributed by atoms with E-state index in [1.807, 2.05) is 30.4 Å². The second kappa shape index (κ2) is 7.28. The van der Waals surface area contributed by atoms with Crippen LogP contribution in [0.25, 0.3) is 0 Å². The van der Waals surface area contributed by atoms with Gasteiger partial charge >= 0.3 is 5.97 Å². The monoisotopic (exact) mass is 397 g/mol. The number of carbonyl (C=O) groups excluding carboxylic acids is 2. The van der Waals surface area contributed by atoms with Crippen LogP contribution in [0.3, 0.4) is 0 Å². The fourth-order valence-corrected chi connectivity index (χ4v) is 7.74. The highest BCUT2D eigenvalue weighted by atomic mass is 16.5. The first-order chi connectivity index (χ1) is 14.0. The number of esters is 1. The largest absolute Gasteiger partial charge is 0.459 e. The van der Waals surface area contributed by atoms with E-state index in [-0.39, 0.29) is 17.5 Å². The van der Waals surface area contributed by atoms with E-state index in [0.29, 0.717) is 24.0 Å². The van der Waals surface area contributed by atoms with Crippen molar-refractivity contribution < 1.29 is 14.3 Å². The minimum atomic E-state index is -0.128. The van der Waals surface area contributed by atoms with Crippen LogP contribution in [0.2, 0.25) is 0 Å². The number of ketones is 1. The van der Waals surface area contributed by atoms with Crippen molar-refractivity contribution in [1.29, 1.82) is 0 Å². The Morgan fingerprint density at radius 3 is 2.76 bits per heavy atom. The molecule has 4 fully saturated rings. The molecule has 0 aromatic heterocycles. The minimum Gasteiger partial charge on any atom is -0.459 e. The fraction of sp³-hybridized carbons (Fsp3) is 0.760. The molecule has 1 aliphatic heterocycles. The lowest BCUT2D eigenvalue weighted by Crippen LogP contribution is -2.49. The molecule has 0 radical (unpaired) electrons. The molecule has 29 heavy (non-hydrogen) atoms. The summed E-state index contributed by atoms with van der Waals surface area (Å²) in [7, 11) is 1.94. The van der Waals surface area contributed by atoms with E-state index in [1.54, 1.807) is 0 Å². The molecular weight excluding hydrogens is 362 g/mol. The quantitative estimate of drug-likeness (QED) is 0.625. The maximum Gasteiger partial charge on any atom is 0.336 e. The van der Waals surface area contributed by atoms with Crippen LogP contribution in [0, 0.1) is 35.0 Å². The molecule has 5 rings (SSSR count). The second-order valence-electron chi connectivity index (χ2n) is 10.6. The van der Waals surface area contributed by atoms with Crippen LogP contribution in [0.4, 0.5) is 0 Å². The third-order valence-electron chi connectivity index (χ3n) is 9.19. The summed E-state index contributed by atoms with van der Waals surface area (Å²) >= 11 is 0. The second-order valence-corrected chi connectivity index (χ2v) is 10.6. The molecular formula is C25H35NO3. The van der Waals surface area contributed by atoms with Crippen molar-refractivity contribution in [2.45, 2.75) is 77.2 Å². The van der Waals surface area contributed by atoms with Crippen molar-refractivity contribution in [3.63, 3.8) is 0 Å². The molecule has 1 heterocycles. The number of carbonyl (C=O) groups is 2. The van der Waals surface area contributed by atoms with Gasteiger partial charge in [-0.1, -0.05) is 13.0 Å². The van der Waals surface area contributed by atoms with Gasteiger partial charge in [0, 0.05) is 31.5 Å². The Morgan fingerprint density at radius 1 is 1.10 bits per heavy atom. The van der Waals surface area contributed by atoms with Crippen LogP contribution in [0.5, 0.6) is 0 Å². The maximum absolute atomic E-state index is 12.6. The zero-order valence-corrected chi connectivity index (χ0v) is 17.9. The molecule has 4 saturated carbocycles. The summed E-state index contributed by atoms with van der Waals surface area (Å²) < 4.78 is 5.95. The Kier molecular flexibility index (Phi) is 4.87. The van der Waals surface area contributed by atoms with Gasteiger partial charge in [-0.2, -0.15) is 0 Å². The predicted molar refractivity (Wildman–Crippen MR) is 112 cm³/mol. The van der Waals surface area contributed by atoms with E-state index in [2.05, 4.69) is 6.92 Å². The number of hydrogen-bond donors (Lipinski definition) is 0. The van der Waals surface area contributed by atoms with Crippen molar-refractivity contribution in [2.24, 2.45) is 35.0 Å². The van der Waals surface area contributed by atoms with Crippen LogP contribution in [0.1, 0.15) is 71.1 Å². The smallest absolute Gasteiger partial charge is 0.336 e. The number of fused-ring (bicyclic) bond motifs is 5. The van der Waals surface area contributed by atoms with Gasteiger partial charge in [-0.3, -0.25) is 4.79 Å². The maximum atomic E-state index is 12.6. The summed E-state index contributed by atoms with van der Waals surface area (Å²) in [6.07, 6.45) is 16.7. The fourth-order valence-electron chi connectivity index (χ4n) is 7.74. The average Bonchev–Trinajstić information content (AvgIpc) is 3.02. The van der Waals surface area contributed by atoms with Crippen LogP contribution < -0.4 is 0 Å². The molecule has 0 aromatic rings. The third-order valence-corrected chi connectivity index (χ3v) is 9.19. The Morgan fingerprint density at radius 2 is 1.93 bits per heavy atom. The molecule has 5 aliphatic rings. The van der Waals surface area contributed by atoms with Crippen molar-refractivity contribution in [1.82, 2.24) is 4.90 Å². The molecule has 0 bridgehead atoms. The van der Waals surface area contributed by atoms with E-state index < -0.39 is 0 Å². The molecule has 7 atom stereocenters. The minimum absolute atomic E-state index is 0.0178. The molecule has 0 amide bonds. The number of Topliss-reactive ketones (excluding diaryl/α,β-unsaturated/α-hetero) is 1. The summed E-state index contributed by atoms with van der Waals surface area (Å²) in [5, 5.41) is 0. The van der Waals surface area contributed by atoms with Gasteiger partial charge in [0.05, 0.1) is 5.57 Å². The van der Waals surface area contributed by atoms with Gasteiger partial charge in [-0.25, -0.2) is 4.79 Å². The van der Waals surface area contributed by atoms with Crippen molar-refractivity contribution >= 4 is 11.8 Å². The highest BCUT2D eigenvalue weighted by molar-refractivity contribution is 5.89. The third kappa shape index (κ3) is 3.27. The topological polar surface area (TPSA) is 46.6 Å². The van der Waals surface area contributed by atoms with Crippen LogP contribution in [-0.2, 0) is 14.3 Å². The van der Waals surface area contributed by atoms with E-state index >= 15 is 0 Å². The summed E-state index contributed by atoms with van der Waals surface area (Å²) in [5.74, 6) is 4.09. The van der Waals surface area contributed by atoms with Gasteiger partial charge in [-0.05, 0) is 87.2 Å². The predicted octanol–water partition coefficient (Wildman–Crippen LogP) is 4.85. The highest BCUT2D eigenvalue weighted by Crippen LogP contribution is 2.61. The number of ether oxygens (including phenoxy) is 1. The Balaban J connectivity index is 1.22. The number of rotatable bonds is 2. The normalized spacial score (nSPS) is 43.9. The van der Waals surface area contributed by atoms with Gasteiger partial charge in [0.15, 0.2) is 0 Å². The van der Waals surface area contributed by atoms with Gasteiger partial charge < -0.3 is 9.64 Å². The molecule has 0 aromatic carbocycles. The molecule has 0 saturated heterocycles. The first kappa shape index (κ1) is 19.4. The van der Waals surface area contributed by atoms with Crippen molar-refractivity contribution in [3.05, 3.63) is 24.0 Å². The van der Waals surface area contributed by atoms with E-state index in [0.717, 1.165) is 55.4 Å². The summed E-state index contributed by atoms with van der Waals surface area (Å²) in [6.45, 7) is 2.26. The van der Waals surface area contributed by atoms with Gasteiger partial charge in [0.25, 0.3) is 0 Å². The highest BCUT2D eigenvalue weighted by Gasteiger charge is 2.57. The average molecular weight is 398 g/mol. The Bertz CT molecular complexity index is 755. The lowest BCUT2D eigenvalue weighted by molar-refractivity contribution is -0.150. The first-order valence-electron chi connectivity index (χ1n) is 11.8. The van der Waals surface area contributed by atoms with E-state index in [4.69, 9.17) is 4.74 Å². The molecule has 7 unspecified atom stereocenters. The van der Waals surface area contributed by atoms with Crippen molar-refractivity contribution in [2.75, 3.05) is 7.05 Å². The summed E-state index contributed by atoms with van der Waals surface area (Å²) in [4.78, 5) is 27.1. The zero-order chi connectivity index (χ0) is 20.2. The van der Waals surface area contributed by atoms with Crippen LogP contribution in [0.15, 0.2) is 24.0 Å². The number of hydrogen-bond acceptors (Lipinski definition) is 4. The number of nitrogens with zero attached hydrogens (tertiary/aromatic N) is 1. The standard InChI is InChI=1S/C25H35NO3/c1-25-12-11-20-19-8-6-18(29-24(28)17-4-3-13-26(2)15-17)14-16(19)5-7-21(20)22(25)9-10-23(25)27/h3,13,15-16,18-22H,4-12,14H2,1-2H3. The molecule has 4 nitrogen and oxygen atoms in total. The lowest BCUT2D eigenvalue weighted by Gasteiger charge is -2.54. The van der Waals surface area contributed by atoms with Crippen LogP contribution >= 0.6 is 0 Å². The molecule has 4 heteroatoms. The van der Waals surface area contributed by atoms with Gasteiger partial charge in [-0.15, -0.1) is 0 Å². The Labute approximate surface area is 174 Å². The van der Waals surface area contributed by atoms with Crippen molar-refractivity contribution in [3.8, 4) is 0 Å². The lowest BCUT2D eigenvalue weighted by atomic mass is 9.50. The first-order valence-corrected chi connectivity index (χ1v) is 11.8. The molecule has 0 spiro atoms. The van der Waals surface area contributed by atoms with E-state index in [1.165, 1.54) is 25.7 Å². The van der Waals surface area contributed by atoms with Gasteiger partial charge in [0.1, 0.15) is 11.9 Å². The number of allylic oxidation sites excluding steroid dienone is 1.